The van der Waals surface area contributed by atoms with Crippen LogP contribution < -0.4 is 5.32 Å². The summed E-state index contributed by atoms with van der Waals surface area (Å²) in [5.74, 6) is 0.327. The van der Waals surface area contributed by atoms with E-state index in [4.69, 9.17) is 0 Å². The van der Waals surface area contributed by atoms with Crippen molar-refractivity contribution in [3.05, 3.63) is 41.5 Å². The van der Waals surface area contributed by atoms with Gasteiger partial charge in [0.05, 0.1) is 5.57 Å². The van der Waals surface area contributed by atoms with Crippen LogP contribution in [0.25, 0.3) is 0 Å². The number of carbonyl (C=O) groups excluding carboxylic acids is 1. The van der Waals surface area contributed by atoms with Gasteiger partial charge in [-0.05, 0) is 30.0 Å². The number of nitrogens with zero attached hydrogens (tertiary/aromatic N) is 1. The van der Waals surface area contributed by atoms with E-state index in [1.54, 1.807) is 13.3 Å². The number of anilines is 1. The fourth-order valence-electron chi connectivity index (χ4n) is 1.74. The molecule has 1 amide bonds. The van der Waals surface area contributed by atoms with Gasteiger partial charge < -0.3 is 5.32 Å². The normalized spacial score (nSPS) is 12.2. The lowest BCUT2D eigenvalue weighted by Gasteiger charge is -2.09. The van der Waals surface area contributed by atoms with Gasteiger partial charge in [-0.25, -0.2) is 0 Å². The monoisotopic (exact) mass is 258 g/mol. The molecule has 1 aromatic rings. The Hall–Kier alpha value is -1.90. The van der Waals surface area contributed by atoms with Crippen LogP contribution in [0.4, 0.5) is 5.69 Å². The number of nitrogens with one attached hydrogen (secondary N) is 1. The molecule has 0 aliphatic carbocycles. The lowest BCUT2D eigenvalue weighted by Crippen LogP contribution is -2.15. The minimum Gasteiger partial charge on any atom is -0.322 e. The molecule has 0 radical (unpaired) electrons. The zero-order valence-electron chi connectivity index (χ0n) is 12.1. The van der Waals surface area contributed by atoms with E-state index in [0.29, 0.717) is 11.5 Å². The SMILES string of the molecule is CC/C=C(\C=NC)C(=O)Nc1cccc(C(C)C)c1. The Labute approximate surface area is 115 Å². The summed E-state index contributed by atoms with van der Waals surface area (Å²) >= 11 is 0. The van der Waals surface area contributed by atoms with Gasteiger partial charge in [0.2, 0.25) is 0 Å². The van der Waals surface area contributed by atoms with Gasteiger partial charge in [-0.3, -0.25) is 9.79 Å². The van der Waals surface area contributed by atoms with Crippen molar-refractivity contribution >= 4 is 17.8 Å². The fraction of sp³-hybridized carbons (Fsp3) is 0.375. The highest BCUT2D eigenvalue weighted by atomic mass is 16.1. The number of amides is 1. The summed E-state index contributed by atoms with van der Waals surface area (Å²) in [6.07, 6.45) is 4.26. The Balaban J connectivity index is 2.86. The van der Waals surface area contributed by atoms with Gasteiger partial charge in [0.1, 0.15) is 0 Å². The predicted molar refractivity (Wildman–Crippen MR) is 82.0 cm³/mol. The highest BCUT2D eigenvalue weighted by molar-refractivity contribution is 6.17. The van der Waals surface area contributed by atoms with Crippen molar-refractivity contribution in [2.45, 2.75) is 33.1 Å². The Kier molecular flexibility index (Phi) is 6.00. The molecule has 0 aliphatic heterocycles. The van der Waals surface area contributed by atoms with Gasteiger partial charge in [-0.15, -0.1) is 0 Å². The van der Waals surface area contributed by atoms with Crippen LogP contribution in [0.1, 0.15) is 38.7 Å². The lowest BCUT2D eigenvalue weighted by molar-refractivity contribution is -0.112. The van der Waals surface area contributed by atoms with Crippen LogP contribution in [-0.4, -0.2) is 19.2 Å². The third-order valence-electron chi connectivity index (χ3n) is 2.77. The molecule has 0 spiro atoms. The number of rotatable bonds is 5. The molecule has 19 heavy (non-hydrogen) atoms. The van der Waals surface area contributed by atoms with Crippen molar-refractivity contribution in [2.75, 3.05) is 12.4 Å². The third kappa shape index (κ3) is 4.70. The summed E-state index contributed by atoms with van der Waals surface area (Å²) in [5, 5.41) is 2.91. The largest absolute Gasteiger partial charge is 0.322 e. The summed E-state index contributed by atoms with van der Waals surface area (Å²) < 4.78 is 0. The molecule has 0 bridgehead atoms. The quantitative estimate of drug-likeness (QED) is 0.633. The van der Waals surface area contributed by atoms with Crippen molar-refractivity contribution in [3.8, 4) is 0 Å². The molecule has 0 atom stereocenters. The van der Waals surface area contributed by atoms with Gasteiger partial charge in [-0.2, -0.15) is 0 Å². The van der Waals surface area contributed by atoms with E-state index in [1.807, 2.05) is 31.2 Å². The Bertz CT molecular complexity index is 487. The zero-order chi connectivity index (χ0) is 14.3. The van der Waals surface area contributed by atoms with E-state index >= 15 is 0 Å². The molecule has 1 aromatic carbocycles. The van der Waals surface area contributed by atoms with Gasteiger partial charge in [-0.1, -0.05) is 39.0 Å². The highest BCUT2D eigenvalue weighted by Crippen LogP contribution is 2.18. The number of carbonyl (C=O) groups is 1. The van der Waals surface area contributed by atoms with Crippen LogP contribution >= 0.6 is 0 Å². The van der Waals surface area contributed by atoms with Crippen LogP contribution in [0, 0.1) is 0 Å². The maximum Gasteiger partial charge on any atom is 0.256 e. The number of hydrogen-bond acceptors (Lipinski definition) is 2. The van der Waals surface area contributed by atoms with E-state index in [0.717, 1.165) is 12.1 Å². The maximum atomic E-state index is 12.1. The topological polar surface area (TPSA) is 41.5 Å². The Morgan fingerprint density at radius 1 is 1.42 bits per heavy atom. The summed E-state index contributed by atoms with van der Waals surface area (Å²) in [6.45, 7) is 6.26. The standard InChI is InChI=1S/C16H22N2O/c1-5-7-14(11-17-4)16(19)18-15-9-6-8-13(10-15)12(2)3/h6-12H,5H2,1-4H3,(H,18,19)/b14-7+,17-11?. The van der Waals surface area contributed by atoms with Crippen LogP contribution in [0.2, 0.25) is 0 Å². The second-order valence-electron chi connectivity index (χ2n) is 4.69. The smallest absolute Gasteiger partial charge is 0.256 e. The first-order chi connectivity index (χ1) is 9.08. The first-order valence-corrected chi connectivity index (χ1v) is 6.62. The van der Waals surface area contributed by atoms with Gasteiger partial charge in [0.15, 0.2) is 0 Å². The van der Waals surface area contributed by atoms with Crippen LogP contribution in [0.3, 0.4) is 0 Å². The van der Waals surface area contributed by atoms with Crippen LogP contribution in [0.15, 0.2) is 40.9 Å². The number of hydrogen-bond donors (Lipinski definition) is 1. The molecule has 0 saturated heterocycles. The van der Waals surface area contributed by atoms with Crippen molar-refractivity contribution in [1.82, 2.24) is 0 Å². The van der Waals surface area contributed by atoms with Crippen LogP contribution in [-0.2, 0) is 4.79 Å². The average molecular weight is 258 g/mol. The van der Waals surface area contributed by atoms with E-state index in [1.165, 1.54) is 5.56 Å². The van der Waals surface area contributed by atoms with E-state index in [-0.39, 0.29) is 5.91 Å². The number of aliphatic imine (C=N–C) groups is 1. The summed E-state index contributed by atoms with van der Waals surface area (Å²) in [7, 11) is 1.66. The van der Waals surface area contributed by atoms with Crippen molar-refractivity contribution < 1.29 is 4.79 Å². The molecule has 0 unspecified atom stereocenters. The average Bonchev–Trinajstić information content (AvgIpc) is 2.38. The predicted octanol–water partition coefficient (Wildman–Crippen LogP) is 3.79. The maximum absolute atomic E-state index is 12.1. The molecule has 0 fully saturated rings. The molecule has 0 aliphatic rings. The second-order valence-corrected chi connectivity index (χ2v) is 4.69. The van der Waals surface area contributed by atoms with Gasteiger partial charge in [0, 0.05) is 18.9 Å². The molecule has 102 valence electrons. The van der Waals surface area contributed by atoms with Crippen molar-refractivity contribution in [2.24, 2.45) is 4.99 Å². The minimum atomic E-state index is -0.117. The van der Waals surface area contributed by atoms with E-state index in [2.05, 4.69) is 30.2 Å². The molecule has 0 aromatic heterocycles. The summed E-state index contributed by atoms with van der Waals surface area (Å²) in [5.41, 5.74) is 2.63. The highest BCUT2D eigenvalue weighted by Gasteiger charge is 2.08. The molecule has 3 heteroatoms. The van der Waals surface area contributed by atoms with Gasteiger partial charge >= 0.3 is 0 Å². The van der Waals surface area contributed by atoms with Crippen LogP contribution in [0.5, 0.6) is 0 Å². The first kappa shape index (κ1) is 15.2. The zero-order valence-corrected chi connectivity index (χ0v) is 12.1. The number of allylic oxidation sites excluding steroid dienone is 1. The third-order valence-corrected chi connectivity index (χ3v) is 2.77. The summed E-state index contributed by atoms with van der Waals surface area (Å²) in [6, 6.07) is 7.93. The molecule has 1 rings (SSSR count). The Morgan fingerprint density at radius 3 is 2.74 bits per heavy atom. The molecule has 3 nitrogen and oxygen atoms in total. The molecular weight excluding hydrogens is 236 g/mol. The minimum absolute atomic E-state index is 0.117. The van der Waals surface area contributed by atoms with Crippen molar-refractivity contribution in [3.63, 3.8) is 0 Å². The number of benzene rings is 1. The second kappa shape index (κ2) is 7.52. The first-order valence-electron chi connectivity index (χ1n) is 6.62. The molecule has 0 heterocycles. The van der Waals surface area contributed by atoms with Gasteiger partial charge in [0.25, 0.3) is 5.91 Å². The fourth-order valence-corrected chi connectivity index (χ4v) is 1.74. The molecule has 1 N–H and O–H groups in total. The van der Waals surface area contributed by atoms with E-state index < -0.39 is 0 Å². The van der Waals surface area contributed by atoms with E-state index in [9.17, 15) is 4.79 Å². The molecule has 0 saturated carbocycles. The van der Waals surface area contributed by atoms with Crippen molar-refractivity contribution in [1.29, 1.82) is 0 Å². The summed E-state index contributed by atoms with van der Waals surface area (Å²) in [4.78, 5) is 16.0. The lowest BCUT2D eigenvalue weighted by atomic mass is 10.0. The molecular formula is C16H22N2O. The Morgan fingerprint density at radius 2 is 2.16 bits per heavy atom.